The maximum Gasteiger partial charge on any atom is 0.511 e. The Hall–Kier alpha value is -4.45. The van der Waals surface area contributed by atoms with Crippen molar-refractivity contribution in [2.24, 2.45) is 0 Å². The predicted octanol–water partition coefficient (Wildman–Crippen LogP) is 2.44. The molecule has 0 unspecified atom stereocenters. The molecule has 2 saturated heterocycles. The van der Waals surface area contributed by atoms with E-state index in [0.717, 1.165) is 11.1 Å². The molecule has 0 spiro atoms. The van der Waals surface area contributed by atoms with Crippen LogP contribution in [0.25, 0.3) is 0 Å². The number of nitrogens with zero attached hydrogens (tertiary/aromatic N) is 4. The third-order valence-corrected chi connectivity index (χ3v) is 10.6. The Morgan fingerprint density at radius 1 is 0.611 bits per heavy atom. The fraction of sp³-hybridized carbons (Fsp3) is 0.462. The second kappa shape index (κ2) is 16.9. The summed E-state index contributed by atoms with van der Waals surface area (Å²) in [6.45, 7) is 3.17. The zero-order valence-corrected chi connectivity index (χ0v) is 30.2. The van der Waals surface area contributed by atoms with Crippen molar-refractivity contribution in [1.29, 1.82) is 0 Å². The fourth-order valence-electron chi connectivity index (χ4n) is 7.72. The van der Waals surface area contributed by atoms with Gasteiger partial charge in [0, 0.05) is 12.4 Å². The Morgan fingerprint density at radius 2 is 0.944 bits per heavy atom. The highest BCUT2D eigenvalue weighted by Crippen LogP contribution is 2.35. The maximum atomic E-state index is 14.4. The van der Waals surface area contributed by atoms with Crippen LogP contribution < -0.4 is 0 Å². The molecule has 4 aliphatic rings. The number of hydrogen-bond acceptors (Lipinski definition) is 15. The molecule has 2 aromatic rings. The summed E-state index contributed by atoms with van der Waals surface area (Å²) in [4.78, 5) is 20.1. The van der Waals surface area contributed by atoms with Crippen LogP contribution in [-0.4, -0.2) is 128 Å². The Balaban J connectivity index is 1.41. The van der Waals surface area contributed by atoms with E-state index in [-0.39, 0.29) is 61.4 Å². The van der Waals surface area contributed by atoms with Gasteiger partial charge in [-0.15, -0.1) is 0 Å². The molecule has 4 aliphatic heterocycles. The van der Waals surface area contributed by atoms with Crippen LogP contribution in [0.1, 0.15) is 50.7 Å². The number of carbonyl (C=O) groups is 1. The van der Waals surface area contributed by atoms with Gasteiger partial charge in [0.15, 0.2) is 12.5 Å². The number of likely N-dealkylation sites (tertiary alicyclic amines) is 2. The quantitative estimate of drug-likeness (QED) is 0.147. The van der Waals surface area contributed by atoms with Crippen molar-refractivity contribution in [2.45, 2.75) is 114 Å². The van der Waals surface area contributed by atoms with E-state index in [2.05, 4.69) is 0 Å². The van der Waals surface area contributed by atoms with Crippen LogP contribution in [0, 0.1) is 0 Å². The molecule has 4 heterocycles. The average molecular weight is 751 g/mol. The first-order chi connectivity index (χ1) is 25.8. The fourth-order valence-corrected chi connectivity index (χ4v) is 7.72. The lowest BCUT2D eigenvalue weighted by molar-refractivity contribution is -0.199. The monoisotopic (exact) mass is 750 g/mol. The number of allylic oxidation sites excluding steroid dienone is 2. The summed E-state index contributed by atoms with van der Waals surface area (Å²) in [5, 5.41) is 87.1. The summed E-state index contributed by atoms with van der Waals surface area (Å²) in [5.41, 5.74) is 2.09. The highest BCUT2D eigenvalue weighted by molar-refractivity contribution is 5.60. The molecule has 8 N–H and O–H groups in total. The molecule has 0 radical (unpaired) electrons. The average Bonchev–Trinajstić information content (AvgIpc) is 3.68. The number of ether oxygens (including phenoxy) is 2. The minimum atomic E-state index is -1.43. The molecule has 15 nitrogen and oxygen atoms in total. The van der Waals surface area contributed by atoms with Crippen LogP contribution in [0.4, 0.5) is 4.79 Å². The third-order valence-electron chi connectivity index (χ3n) is 10.6. The number of aliphatic hydroxyl groups is 8. The molecular formula is C39H50N4O11. The zero-order valence-electron chi connectivity index (χ0n) is 30.2. The molecule has 0 amide bonds. The van der Waals surface area contributed by atoms with Crippen molar-refractivity contribution in [3.8, 4) is 0 Å². The van der Waals surface area contributed by atoms with E-state index >= 15 is 0 Å². The SMILES string of the molecule is CC1=C(O)[C@@H](O)C=CN1[C@@H](Cc1ccccc1)[C@H](OC(=O)O[C@@H]([C@H](Cc1ccccc1)N1C=C[C@H](O)C(O)=C1C)N1[C@@H](O)CC[C@@H]1O)N1[C@@H](O)CC[C@@H]1O. The van der Waals surface area contributed by atoms with Crippen molar-refractivity contribution in [3.63, 3.8) is 0 Å². The second-order valence-corrected chi connectivity index (χ2v) is 14.1. The number of rotatable bonds is 12. The minimum Gasteiger partial charge on any atom is -0.507 e. The molecule has 292 valence electrons. The van der Waals surface area contributed by atoms with E-state index in [1.54, 1.807) is 23.6 Å². The lowest BCUT2D eigenvalue weighted by atomic mass is 10.00. The number of aliphatic hydroxyl groups excluding tert-OH is 8. The summed E-state index contributed by atoms with van der Waals surface area (Å²) in [5.74, 6) is -0.654. The topological polar surface area (TPSA) is 210 Å². The van der Waals surface area contributed by atoms with Crippen LogP contribution in [0.15, 0.2) is 108 Å². The van der Waals surface area contributed by atoms with Gasteiger partial charge in [-0.05, 0) is 75.7 Å². The molecular weight excluding hydrogens is 700 g/mol. The smallest absolute Gasteiger partial charge is 0.507 e. The van der Waals surface area contributed by atoms with Crippen molar-refractivity contribution < 1.29 is 55.1 Å². The Labute approximate surface area is 313 Å². The van der Waals surface area contributed by atoms with Gasteiger partial charge in [-0.25, -0.2) is 14.6 Å². The highest BCUT2D eigenvalue weighted by Gasteiger charge is 2.48. The van der Waals surface area contributed by atoms with E-state index in [4.69, 9.17) is 9.47 Å². The standard InChI is InChI=1S/C39H50N4O11/c1-23-35(50)29(44)17-19-40(23)27(21-25-9-5-3-6-10-25)37(42-31(46)13-14-32(42)47)53-39(52)54-38(43-33(48)15-16-34(43)49)28(22-26-11-7-4-8-12-26)41-20-18-30(45)36(51)24(41)2/h3-12,17-20,27-34,37-38,44-51H,13-16,21-22H2,1-2H3/t27-,28-,29-,30-,31-,32-,33-,34-,37-,38-/m0/s1. The first-order valence-electron chi connectivity index (χ1n) is 18.2. The van der Waals surface area contributed by atoms with Gasteiger partial charge in [0.2, 0.25) is 0 Å². The number of benzene rings is 2. The maximum absolute atomic E-state index is 14.4. The molecule has 0 aromatic heterocycles. The van der Waals surface area contributed by atoms with Gasteiger partial charge in [0.1, 0.15) is 48.6 Å². The largest absolute Gasteiger partial charge is 0.511 e. The Kier molecular flexibility index (Phi) is 12.3. The molecule has 54 heavy (non-hydrogen) atoms. The van der Waals surface area contributed by atoms with E-state index in [9.17, 15) is 45.6 Å². The normalized spacial score (nSPS) is 28.7. The van der Waals surface area contributed by atoms with Crippen LogP contribution >= 0.6 is 0 Å². The predicted molar refractivity (Wildman–Crippen MR) is 194 cm³/mol. The number of carbonyl (C=O) groups excluding carboxylic acids is 1. The van der Waals surface area contributed by atoms with Gasteiger partial charge >= 0.3 is 6.16 Å². The lowest BCUT2D eigenvalue weighted by Gasteiger charge is -2.45. The summed E-state index contributed by atoms with van der Waals surface area (Å²) in [7, 11) is 0. The first kappa shape index (κ1) is 39.2. The van der Waals surface area contributed by atoms with Gasteiger partial charge in [0.25, 0.3) is 0 Å². The van der Waals surface area contributed by atoms with E-state index < -0.39 is 67.8 Å². The first-order valence-corrected chi connectivity index (χ1v) is 18.2. The van der Waals surface area contributed by atoms with Gasteiger partial charge in [0.05, 0.1) is 23.5 Å². The van der Waals surface area contributed by atoms with Crippen molar-refractivity contribution >= 4 is 6.16 Å². The summed E-state index contributed by atoms with van der Waals surface area (Å²) in [6, 6.07) is 16.6. The molecule has 0 saturated carbocycles. The second-order valence-electron chi connectivity index (χ2n) is 14.1. The molecule has 2 aromatic carbocycles. The number of hydrogen-bond donors (Lipinski definition) is 8. The molecule has 10 atom stereocenters. The Morgan fingerprint density at radius 3 is 1.28 bits per heavy atom. The minimum absolute atomic E-state index is 0.166. The highest BCUT2D eigenvalue weighted by atomic mass is 16.7. The van der Waals surface area contributed by atoms with Gasteiger partial charge in [-0.1, -0.05) is 60.7 Å². The molecule has 0 bridgehead atoms. The van der Waals surface area contributed by atoms with E-state index in [0.29, 0.717) is 0 Å². The van der Waals surface area contributed by atoms with Crippen LogP contribution in [0.3, 0.4) is 0 Å². The van der Waals surface area contributed by atoms with Crippen LogP contribution in [0.2, 0.25) is 0 Å². The van der Waals surface area contributed by atoms with Gasteiger partial charge in [-0.2, -0.15) is 0 Å². The summed E-state index contributed by atoms with van der Waals surface area (Å²) >= 11 is 0. The van der Waals surface area contributed by atoms with Crippen LogP contribution in [-0.2, 0) is 22.3 Å². The van der Waals surface area contributed by atoms with Gasteiger partial charge < -0.3 is 60.1 Å². The summed E-state index contributed by atoms with van der Waals surface area (Å²) in [6.07, 6.45) is -4.79. The zero-order chi connectivity index (χ0) is 38.7. The van der Waals surface area contributed by atoms with E-state index in [1.165, 1.54) is 34.4 Å². The Bertz CT molecular complexity index is 1580. The van der Waals surface area contributed by atoms with Crippen molar-refractivity contribution in [3.05, 3.63) is 119 Å². The van der Waals surface area contributed by atoms with Crippen molar-refractivity contribution in [1.82, 2.24) is 19.6 Å². The lowest BCUT2D eigenvalue weighted by Crippen LogP contribution is -2.59. The van der Waals surface area contributed by atoms with Crippen LogP contribution in [0.5, 0.6) is 0 Å². The van der Waals surface area contributed by atoms with Gasteiger partial charge in [-0.3, -0.25) is 0 Å². The third kappa shape index (κ3) is 8.28. The van der Waals surface area contributed by atoms with E-state index in [1.807, 2.05) is 60.7 Å². The molecule has 15 heteroatoms. The molecule has 0 aliphatic carbocycles. The van der Waals surface area contributed by atoms with Crippen molar-refractivity contribution in [2.75, 3.05) is 0 Å². The molecule has 2 fully saturated rings. The molecule has 6 rings (SSSR count). The summed E-state index contributed by atoms with van der Waals surface area (Å²) < 4.78 is 12.3.